The Morgan fingerprint density at radius 1 is 1.07 bits per heavy atom. The van der Waals surface area contributed by atoms with E-state index in [0.29, 0.717) is 24.6 Å². The van der Waals surface area contributed by atoms with Crippen LogP contribution in [0.25, 0.3) is 0 Å². The summed E-state index contributed by atoms with van der Waals surface area (Å²) in [6.07, 6.45) is 3.47. The van der Waals surface area contributed by atoms with Gasteiger partial charge in [-0.2, -0.15) is 0 Å². The fourth-order valence-corrected chi connectivity index (χ4v) is 3.58. The first-order valence-corrected chi connectivity index (χ1v) is 9.42. The van der Waals surface area contributed by atoms with Crippen molar-refractivity contribution in [1.29, 1.82) is 0 Å². The molecule has 0 spiro atoms. The maximum Gasteiger partial charge on any atom is 0.292 e. The maximum absolute atomic E-state index is 12.4. The second-order valence-corrected chi connectivity index (χ2v) is 6.96. The number of carbonyl (C=O) groups excluding carboxylic acids is 1. The predicted octanol–water partition coefficient (Wildman–Crippen LogP) is 3.88. The molecule has 0 atom stereocenters. The zero-order chi connectivity index (χ0) is 19.1. The molecule has 1 amide bonds. The number of amides is 1. The van der Waals surface area contributed by atoms with Gasteiger partial charge in [0.2, 0.25) is 5.91 Å². The average molecular weight is 367 g/mol. The first kappa shape index (κ1) is 18.9. The Morgan fingerprint density at radius 2 is 1.74 bits per heavy atom. The lowest BCUT2D eigenvalue weighted by molar-refractivity contribution is -0.384. The van der Waals surface area contributed by atoms with Crippen LogP contribution in [0.15, 0.2) is 54.6 Å². The lowest BCUT2D eigenvalue weighted by atomic mass is 9.90. The van der Waals surface area contributed by atoms with E-state index in [1.165, 1.54) is 11.6 Å². The highest BCUT2D eigenvalue weighted by atomic mass is 16.6. The molecule has 27 heavy (non-hydrogen) atoms. The van der Waals surface area contributed by atoms with E-state index in [2.05, 4.69) is 29.6 Å². The molecule has 0 bridgehead atoms. The lowest BCUT2D eigenvalue weighted by Gasteiger charge is -2.32. The molecule has 142 valence electrons. The summed E-state index contributed by atoms with van der Waals surface area (Å²) >= 11 is 0. The third-order valence-corrected chi connectivity index (χ3v) is 5.09. The Morgan fingerprint density at radius 3 is 2.44 bits per heavy atom. The van der Waals surface area contributed by atoms with E-state index in [9.17, 15) is 14.9 Å². The molecule has 0 saturated carbocycles. The van der Waals surface area contributed by atoms with Crippen LogP contribution in [0.2, 0.25) is 0 Å². The number of hydrogen-bond donors (Lipinski definition) is 1. The summed E-state index contributed by atoms with van der Waals surface area (Å²) < 4.78 is 0. The molecular formula is C21H25N3O3. The summed E-state index contributed by atoms with van der Waals surface area (Å²) in [4.78, 5) is 24.9. The fraction of sp³-hybridized carbons (Fsp3) is 0.381. The van der Waals surface area contributed by atoms with Crippen molar-refractivity contribution in [2.75, 3.05) is 25.0 Å². The summed E-state index contributed by atoms with van der Waals surface area (Å²) in [6, 6.07) is 17.0. The van der Waals surface area contributed by atoms with E-state index < -0.39 is 4.92 Å². The summed E-state index contributed by atoms with van der Waals surface area (Å²) in [5.41, 5.74) is 1.85. The number of para-hydroxylation sites is 2. The van der Waals surface area contributed by atoms with Crippen LogP contribution in [0.4, 0.5) is 11.4 Å². The summed E-state index contributed by atoms with van der Waals surface area (Å²) in [7, 11) is 0. The number of nitro groups is 1. The van der Waals surface area contributed by atoms with Crippen molar-refractivity contribution in [3.8, 4) is 0 Å². The van der Waals surface area contributed by atoms with Crippen molar-refractivity contribution in [1.82, 2.24) is 4.90 Å². The van der Waals surface area contributed by atoms with Gasteiger partial charge in [-0.3, -0.25) is 14.9 Å². The number of hydrogen-bond acceptors (Lipinski definition) is 4. The number of nitro benzene ring substituents is 1. The Kier molecular flexibility index (Phi) is 6.41. The second-order valence-electron chi connectivity index (χ2n) is 6.96. The second kappa shape index (κ2) is 9.16. The van der Waals surface area contributed by atoms with Gasteiger partial charge in [0.1, 0.15) is 5.69 Å². The summed E-state index contributed by atoms with van der Waals surface area (Å²) in [6.45, 7) is 1.98. The van der Waals surface area contributed by atoms with Crippen LogP contribution in [0.1, 0.15) is 24.8 Å². The van der Waals surface area contributed by atoms with Crippen LogP contribution in [0.3, 0.4) is 0 Å². The smallest absolute Gasteiger partial charge is 0.292 e. The van der Waals surface area contributed by atoms with Crippen LogP contribution in [0.5, 0.6) is 0 Å². The molecule has 0 aliphatic carbocycles. The van der Waals surface area contributed by atoms with E-state index in [0.717, 1.165) is 32.4 Å². The van der Waals surface area contributed by atoms with E-state index in [1.54, 1.807) is 18.2 Å². The SMILES string of the molecule is O=C(CCNc1ccccc1[N+](=O)[O-])N1CCC(Cc2ccccc2)CC1. The van der Waals surface area contributed by atoms with Crippen molar-refractivity contribution in [3.63, 3.8) is 0 Å². The van der Waals surface area contributed by atoms with Crippen molar-refractivity contribution >= 4 is 17.3 Å². The van der Waals surface area contributed by atoms with Gasteiger partial charge in [0.25, 0.3) is 5.69 Å². The molecule has 2 aromatic rings. The Bertz CT molecular complexity index is 771. The molecule has 0 aromatic heterocycles. The monoisotopic (exact) mass is 367 g/mol. The largest absolute Gasteiger partial charge is 0.379 e. The standard InChI is InChI=1S/C21H25N3O3/c25-21(10-13-22-19-8-4-5-9-20(19)24(26)27)23-14-11-18(12-15-23)16-17-6-2-1-3-7-17/h1-9,18,22H,10-16H2. The van der Waals surface area contributed by atoms with Crippen molar-refractivity contribution in [2.24, 2.45) is 5.92 Å². The molecule has 1 aliphatic heterocycles. The highest BCUT2D eigenvalue weighted by Gasteiger charge is 2.22. The van der Waals surface area contributed by atoms with E-state index in [4.69, 9.17) is 0 Å². The van der Waals surface area contributed by atoms with Gasteiger partial charge >= 0.3 is 0 Å². The molecule has 2 aromatic carbocycles. The fourth-order valence-electron chi connectivity index (χ4n) is 3.58. The van der Waals surface area contributed by atoms with Crippen LogP contribution in [0, 0.1) is 16.0 Å². The molecule has 1 heterocycles. The van der Waals surface area contributed by atoms with Gasteiger partial charge < -0.3 is 10.2 Å². The highest BCUT2D eigenvalue weighted by molar-refractivity contribution is 5.77. The van der Waals surface area contributed by atoms with Gasteiger partial charge in [0.05, 0.1) is 4.92 Å². The number of benzene rings is 2. The summed E-state index contributed by atoms with van der Waals surface area (Å²) in [5.74, 6) is 0.737. The minimum atomic E-state index is -0.415. The first-order valence-electron chi connectivity index (χ1n) is 9.42. The quantitative estimate of drug-likeness (QED) is 0.595. The van der Waals surface area contributed by atoms with Gasteiger partial charge in [-0.15, -0.1) is 0 Å². The van der Waals surface area contributed by atoms with Crippen molar-refractivity contribution < 1.29 is 9.72 Å². The molecule has 6 heteroatoms. The number of nitrogens with zero attached hydrogens (tertiary/aromatic N) is 2. The average Bonchev–Trinajstić information content (AvgIpc) is 2.69. The predicted molar refractivity (Wildman–Crippen MR) is 106 cm³/mol. The van der Waals surface area contributed by atoms with Gasteiger partial charge in [-0.1, -0.05) is 42.5 Å². The topological polar surface area (TPSA) is 75.5 Å². The minimum absolute atomic E-state index is 0.0340. The molecule has 3 rings (SSSR count). The maximum atomic E-state index is 12.4. The Balaban J connectivity index is 1.42. The number of rotatable bonds is 7. The van der Waals surface area contributed by atoms with Gasteiger partial charge in [-0.25, -0.2) is 0 Å². The molecule has 0 radical (unpaired) electrons. The third kappa shape index (κ3) is 5.29. The van der Waals surface area contributed by atoms with Gasteiger partial charge in [0.15, 0.2) is 0 Å². The molecule has 6 nitrogen and oxygen atoms in total. The number of nitrogens with one attached hydrogen (secondary N) is 1. The van der Waals surface area contributed by atoms with E-state index >= 15 is 0 Å². The summed E-state index contributed by atoms with van der Waals surface area (Å²) in [5, 5.41) is 14.0. The Hall–Kier alpha value is -2.89. The van der Waals surface area contributed by atoms with Crippen LogP contribution in [-0.2, 0) is 11.2 Å². The molecular weight excluding hydrogens is 342 g/mol. The normalized spacial score (nSPS) is 14.7. The molecule has 0 unspecified atom stereocenters. The van der Waals surface area contributed by atoms with Gasteiger partial charge in [0, 0.05) is 32.1 Å². The van der Waals surface area contributed by atoms with Crippen molar-refractivity contribution in [2.45, 2.75) is 25.7 Å². The lowest BCUT2D eigenvalue weighted by Crippen LogP contribution is -2.39. The first-order chi connectivity index (χ1) is 13.1. The highest BCUT2D eigenvalue weighted by Crippen LogP contribution is 2.24. The number of carbonyl (C=O) groups is 1. The Labute approximate surface area is 159 Å². The number of anilines is 1. The van der Waals surface area contributed by atoms with Crippen LogP contribution < -0.4 is 5.32 Å². The van der Waals surface area contributed by atoms with E-state index in [1.807, 2.05) is 11.0 Å². The van der Waals surface area contributed by atoms with E-state index in [-0.39, 0.29) is 11.6 Å². The molecule has 1 N–H and O–H groups in total. The molecule has 1 saturated heterocycles. The third-order valence-electron chi connectivity index (χ3n) is 5.09. The number of piperidine rings is 1. The van der Waals surface area contributed by atoms with Crippen molar-refractivity contribution in [3.05, 3.63) is 70.3 Å². The zero-order valence-corrected chi connectivity index (χ0v) is 15.3. The number of likely N-dealkylation sites (tertiary alicyclic amines) is 1. The van der Waals surface area contributed by atoms with Crippen LogP contribution in [-0.4, -0.2) is 35.4 Å². The molecule has 1 fully saturated rings. The zero-order valence-electron chi connectivity index (χ0n) is 15.3. The van der Waals surface area contributed by atoms with Gasteiger partial charge in [-0.05, 0) is 36.8 Å². The molecule has 1 aliphatic rings. The van der Waals surface area contributed by atoms with Crippen LogP contribution >= 0.6 is 0 Å². The minimum Gasteiger partial charge on any atom is -0.379 e.